The van der Waals surface area contributed by atoms with Crippen LogP contribution in [0.1, 0.15) is 86.7 Å². The van der Waals surface area contributed by atoms with Crippen LogP contribution in [0.15, 0.2) is 41.4 Å². The summed E-state index contributed by atoms with van der Waals surface area (Å²) in [6, 6.07) is 12.6. The zero-order chi connectivity index (χ0) is 27.5. The number of hydrogen-bond acceptors (Lipinski definition) is 4. The van der Waals surface area contributed by atoms with E-state index in [1.54, 1.807) is 6.07 Å². The van der Waals surface area contributed by atoms with Gasteiger partial charge < -0.3 is 10.0 Å². The Labute approximate surface area is 231 Å². The Kier molecular flexibility index (Phi) is 8.63. The lowest BCUT2D eigenvalue weighted by molar-refractivity contribution is -0.122. The number of carbonyl (C=O) groups excluding carboxylic acids is 1. The number of halogens is 1. The molecule has 0 bridgehead atoms. The summed E-state index contributed by atoms with van der Waals surface area (Å²) in [6.07, 6.45) is 8.83. The fourth-order valence-corrected chi connectivity index (χ4v) is 6.39. The quantitative estimate of drug-likeness (QED) is 0.382. The van der Waals surface area contributed by atoms with Crippen molar-refractivity contribution in [2.75, 3.05) is 31.6 Å². The highest BCUT2D eigenvalue weighted by Crippen LogP contribution is 2.50. The van der Waals surface area contributed by atoms with E-state index in [1.165, 1.54) is 69.3 Å². The third-order valence-corrected chi connectivity index (χ3v) is 9.05. The van der Waals surface area contributed by atoms with E-state index in [0.717, 1.165) is 23.5 Å². The molecule has 2 fully saturated rings. The predicted octanol–water partition coefficient (Wildman–Crippen LogP) is 7.07. The lowest BCUT2D eigenvalue weighted by Crippen LogP contribution is -2.34. The molecule has 0 amide bonds. The summed E-state index contributed by atoms with van der Waals surface area (Å²) in [5, 5.41) is 7.36. The minimum absolute atomic E-state index is 0.250. The molecule has 0 radical (unpaired) electrons. The van der Waals surface area contributed by atoms with E-state index in [9.17, 15) is 4.79 Å². The van der Waals surface area contributed by atoms with Gasteiger partial charge in [-0.05, 0) is 113 Å². The van der Waals surface area contributed by atoms with E-state index in [-0.39, 0.29) is 11.9 Å². The van der Waals surface area contributed by atoms with Crippen LogP contribution in [0.3, 0.4) is 0 Å². The smallest absolute Gasteiger partial charge is 0.290 e. The number of rotatable bonds is 7. The lowest BCUT2D eigenvalue weighted by atomic mass is 9.83. The number of hydrogen-bond donors (Lipinski definition) is 1. The Hall–Kier alpha value is -2.70. The van der Waals surface area contributed by atoms with Crippen molar-refractivity contribution in [3.8, 4) is 0 Å². The molecule has 1 saturated heterocycles. The molecule has 6 nitrogen and oxygen atoms in total. The van der Waals surface area contributed by atoms with Gasteiger partial charge in [0, 0.05) is 12.5 Å². The van der Waals surface area contributed by atoms with E-state index in [2.05, 4.69) is 48.8 Å². The van der Waals surface area contributed by atoms with Gasteiger partial charge in [-0.3, -0.25) is 19.5 Å². The lowest BCUT2D eigenvalue weighted by Gasteiger charge is -2.33. The number of amidine groups is 1. The van der Waals surface area contributed by atoms with Crippen LogP contribution in [0.25, 0.3) is 0 Å². The Morgan fingerprint density at radius 2 is 1.76 bits per heavy atom. The van der Waals surface area contributed by atoms with Crippen molar-refractivity contribution in [2.45, 2.75) is 70.6 Å². The second kappa shape index (κ2) is 11.6. The largest absolute Gasteiger partial charge is 0.483 e. The third kappa shape index (κ3) is 5.67. The van der Waals surface area contributed by atoms with Crippen molar-refractivity contribution in [3.63, 3.8) is 0 Å². The molecule has 1 N–H and O–H groups in total. The summed E-state index contributed by atoms with van der Waals surface area (Å²) < 4.78 is 0. The van der Waals surface area contributed by atoms with Gasteiger partial charge in [0.15, 0.2) is 6.29 Å². The zero-order valence-corrected chi connectivity index (χ0v) is 23.8. The maximum Gasteiger partial charge on any atom is 0.290 e. The summed E-state index contributed by atoms with van der Waals surface area (Å²) in [5.41, 5.74) is 5.47. The summed E-state index contributed by atoms with van der Waals surface area (Å²) in [5.74, 6) is 1.50. The van der Waals surface area contributed by atoms with Crippen molar-refractivity contribution in [3.05, 3.63) is 58.1 Å². The fourth-order valence-electron chi connectivity index (χ4n) is 6.17. The van der Waals surface area contributed by atoms with Gasteiger partial charge in [0.05, 0.1) is 22.0 Å². The maximum absolute atomic E-state index is 12.0. The first kappa shape index (κ1) is 28.3. The monoisotopic (exact) mass is 537 g/mol. The van der Waals surface area contributed by atoms with Gasteiger partial charge in [0.25, 0.3) is 6.47 Å². The molecule has 2 heterocycles. The maximum atomic E-state index is 12.0. The minimum Gasteiger partial charge on any atom is -0.483 e. The molecule has 0 unspecified atom stereocenters. The van der Waals surface area contributed by atoms with E-state index >= 15 is 0 Å². The SMILES string of the molecule is CN=C1N(c2cccc(Cl)c2C=O)c2cc(C3CCN(CCCC4(C)CC4)CC3)ccc2C1(C)C.O=CO. The molecule has 5 rings (SSSR count). The van der Waals surface area contributed by atoms with Gasteiger partial charge in [-0.1, -0.05) is 36.7 Å². The summed E-state index contributed by atoms with van der Waals surface area (Å²) >= 11 is 6.43. The highest BCUT2D eigenvalue weighted by atomic mass is 35.5. The normalized spacial score (nSPS) is 21.0. The average molecular weight is 538 g/mol. The molecule has 0 atom stereocenters. The van der Waals surface area contributed by atoms with Gasteiger partial charge in [0.2, 0.25) is 0 Å². The summed E-state index contributed by atoms with van der Waals surface area (Å²) in [6.45, 7) is 10.2. The Balaban J connectivity index is 0.00000107. The van der Waals surface area contributed by atoms with Crippen LogP contribution < -0.4 is 4.90 Å². The van der Waals surface area contributed by atoms with Gasteiger partial charge in [0.1, 0.15) is 5.84 Å². The van der Waals surface area contributed by atoms with Gasteiger partial charge in [-0.2, -0.15) is 0 Å². The number of benzene rings is 2. The molecular formula is C31H40ClN3O3. The molecule has 1 saturated carbocycles. The molecule has 38 heavy (non-hydrogen) atoms. The second-order valence-corrected chi connectivity index (χ2v) is 12.1. The van der Waals surface area contributed by atoms with Crippen molar-refractivity contribution >= 4 is 41.6 Å². The molecule has 204 valence electrons. The number of aldehydes is 1. The van der Waals surface area contributed by atoms with Crippen molar-refractivity contribution in [1.82, 2.24) is 4.90 Å². The molecule has 7 heteroatoms. The number of nitrogens with zero attached hydrogens (tertiary/aromatic N) is 3. The van der Waals surface area contributed by atoms with Gasteiger partial charge in [-0.15, -0.1) is 0 Å². The molecule has 2 aromatic rings. The number of anilines is 2. The van der Waals surface area contributed by atoms with Crippen molar-refractivity contribution in [1.29, 1.82) is 0 Å². The first-order valence-corrected chi connectivity index (χ1v) is 14.0. The van der Waals surface area contributed by atoms with Crippen molar-refractivity contribution < 1.29 is 14.7 Å². The number of carboxylic acid groups (broad SMARTS) is 1. The zero-order valence-electron chi connectivity index (χ0n) is 23.0. The van der Waals surface area contributed by atoms with Crippen molar-refractivity contribution in [2.24, 2.45) is 10.4 Å². The van der Waals surface area contributed by atoms with Crippen LogP contribution in [0.2, 0.25) is 5.02 Å². The van der Waals surface area contributed by atoms with Crippen LogP contribution in [-0.2, 0) is 10.2 Å². The van der Waals surface area contributed by atoms with E-state index in [1.807, 2.05) is 19.2 Å². The Morgan fingerprint density at radius 3 is 2.37 bits per heavy atom. The second-order valence-electron chi connectivity index (χ2n) is 11.7. The Morgan fingerprint density at radius 1 is 1.08 bits per heavy atom. The molecule has 1 aliphatic carbocycles. The summed E-state index contributed by atoms with van der Waals surface area (Å²) in [4.78, 5) is 29.9. The number of likely N-dealkylation sites (tertiary alicyclic amines) is 1. The van der Waals surface area contributed by atoms with Crippen LogP contribution in [0.5, 0.6) is 0 Å². The highest BCUT2D eigenvalue weighted by molar-refractivity contribution is 6.34. The molecule has 2 aromatic carbocycles. The first-order chi connectivity index (χ1) is 18.2. The van der Waals surface area contributed by atoms with Gasteiger partial charge >= 0.3 is 0 Å². The predicted molar refractivity (Wildman–Crippen MR) is 155 cm³/mol. The standard InChI is InChI=1S/C30H38ClN3O.CH2O2/c1-29(2)24-10-9-22(21-11-17-33(18-12-21)16-6-13-30(3)14-15-30)19-27(24)34(28(29)32-4)26-8-5-7-25(31)23(26)20-35;2-1-3/h5,7-10,19-21H,6,11-18H2,1-4H3;1H,(H,2,3). The molecule has 3 aliphatic rings. The Bertz CT molecular complexity index is 1200. The van der Waals surface area contributed by atoms with E-state index < -0.39 is 0 Å². The molecular weight excluding hydrogens is 498 g/mol. The molecule has 0 aromatic heterocycles. The fraction of sp³-hybridized carbons (Fsp3) is 0.516. The van der Waals surface area contributed by atoms with Crippen LogP contribution in [0, 0.1) is 5.41 Å². The van der Waals surface area contributed by atoms with E-state index in [4.69, 9.17) is 26.5 Å². The topological polar surface area (TPSA) is 73.2 Å². The van der Waals surface area contributed by atoms with Crippen LogP contribution in [-0.4, -0.2) is 55.3 Å². The number of piperidine rings is 1. The first-order valence-electron chi connectivity index (χ1n) is 13.6. The number of aliphatic imine (C=N–C) groups is 1. The van der Waals surface area contributed by atoms with Gasteiger partial charge in [-0.25, -0.2) is 0 Å². The molecule has 2 aliphatic heterocycles. The van der Waals surface area contributed by atoms with Crippen LogP contribution in [0.4, 0.5) is 11.4 Å². The molecule has 0 spiro atoms. The number of fused-ring (bicyclic) bond motifs is 1. The van der Waals surface area contributed by atoms with Crippen LogP contribution >= 0.6 is 11.6 Å². The average Bonchev–Trinajstić information content (AvgIpc) is 3.58. The third-order valence-electron chi connectivity index (χ3n) is 8.72. The number of carbonyl (C=O) groups is 2. The summed E-state index contributed by atoms with van der Waals surface area (Å²) in [7, 11) is 1.83. The highest BCUT2D eigenvalue weighted by Gasteiger charge is 2.43. The van der Waals surface area contributed by atoms with E-state index in [0.29, 0.717) is 21.9 Å². The minimum atomic E-state index is -0.257.